The lowest BCUT2D eigenvalue weighted by atomic mass is 10.1. The molecular formula is C23H28Cl2FN3O4S. The van der Waals surface area contributed by atoms with Crippen LogP contribution in [0.2, 0.25) is 10.0 Å². The van der Waals surface area contributed by atoms with Gasteiger partial charge in [-0.2, -0.15) is 0 Å². The lowest BCUT2D eigenvalue weighted by molar-refractivity contribution is -0.139. The van der Waals surface area contributed by atoms with Gasteiger partial charge in [-0.15, -0.1) is 0 Å². The van der Waals surface area contributed by atoms with Gasteiger partial charge in [-0.1, -0.05) is 48.3 Å². The molecule has 0 aromatic heterocycles. The summed E-state index contributed by atoms with van der Waals surface area (Å²) in [5, 5.41) is 2.94. The predicted molar refractivity (Wildman–Crippen MR) is 133 cm³/mol. The van der Waals surface area contributed by atoms with Crippen LogP contribution in [-0.4, -0.2) is 50.0 Å². The van der Waals surface area contributed by atoms with Crippen LogP contribution in [0.4, 0.5) is 10.1 Å². The summed E-state index contributed by atoms with van der Waals surface area (Å²) in [4.78, 5) is 27.5. The topological polar surface area (TPSA) is 86.8 Å². The van der Waals surface area contributed by atoms with Crippen molar-refractivity contribution >= 4 is 50.7 Å². The highest BCUT2D eigenvalue weighted by Gasteiger charge is 2.31. The van der Waals surface area contributed by atoms with E-state index in [0.717, 1.165) is 10.6 Å². The van der Waals surface area contributed by atoms with Crippen LogP contribution < -0.4 is 9.62 Å². The summed E-state index contributed by atoms with van der Waals surface area (Å²) in [5.41, 5.74) is 0.619. The van der Waals surface area contributed by atoms with Crippen LogP contribution in [0.5, 0.6) is 0 Å². The average molecular weight is 532 g/mol. The molecule has 186 valence electrons. The molecule has 0 fully saturated rings. The Morgan fingerprint density at radius 1 is 1.09 bits per heavy atom. The highest BCUT2D eigenvalue weighted by atomic mass is 35.5. The monoisotopic (exact) mass is 531 g/mol. The van der Waals surface area contributed by atoms with Crippen LogP contribution >= 0.6 is 23.2 Å². The number of nitrogens with one attached hydrogen (secondary N) is 1. The van der Waals surface area contributed by atoms with E-state index in [9.17, 15) is 22.4 Å². The third kappa shape index (κ3) is 7.32. The second-order valence-corrected chi connectivity index (χ2v) is 10.7. The number of nitrogens with zero attached hydrogens (tertiary/aromatic N) is 2. The molecule has 0 saturated carbocycles. The van der Waals surface area contributed by atoms with Crippen LogP contribution in [0.1, 0.15) is 32.8 Å². The van der Waals surface area contributed by atoms with Crippen LogP contribution in [0, 0.1) is 5.82 Å². The second kappa shape index (κ2) is 11.9. The van der Waals surface area contributed by atoms with Crippen LogP contribution in [0.15, 0.2) is 42.5 Å². The summed E-state index contributed by atoms with van der Waals surface area (Å²) in [6.45, 7) is 4.66. The Morgan fingerprint density at radius 3 is 2.26 bits per heavy atom. The van der Waals surface area contributed by atoms with Crippen LogP contribution in [0.25, 0.3) is 0 Å². The maximum absolute atomic E-state index is 13.4. The smallest absolute Gasteiger partial charge is 0.244 e. The first kappa shape index (κ1) is 27.9. The minimum absolute atomic E-state index is 0.0185. The third-order valence-corrected chi connectivity index (χ3v) is 7.25. The minimum Gasteiger partial charge on any atom is -0.352 e. The second-order valence-electron chi connectivity index (χ2n) is 7.98. The molecule has 1 N–H and O–H groups in total. The van der Waals surface area contributed by atoms with Gasteiger partial charge in [0.1, 0.15) is 18.4 Å². The van der Waals surface area contributed by atoms with Crippen molar-refractivity contribution in [2.45, 2.75) is 45.8 Å². The van der Waals surface area contributed by atoms with Gasteiger partial charge in [0.2, 0.25) is 21.8 Å². The van der Waals surface area contributed by atoms with E-state index in [2.05, 4.69) is 5.32 Å². The Labute approximate surface area is 209 Å². The summed E-state index contributed by atoms with van der Waals surface area (Å²) >= 11 is 12.3. The highest BCUT2D eigenvalue weighted by Crippen LogP contribution is 2.33. The van der Waals surface area contributed by atoms with Gasteiger partial charge in [0.15, 0.2) is 0 Å². The highest BCUT2D eigenvalue weighted by molar-refractivity contribution is 7.92. The SMILES string of the molecule is CC[C@H](C)NC(=O)[C@H](C)N(Cc1ccc(F)cc1)C(=O)CN(c1cccc(Cl)c1Cl)S(C)(=O)=O. The molecule has 7 nitrogen and oxygen atoms in total. The number of amides is 2. The maximum Gasteiger partial charge on any atom is 0.244 e. The summed E-state index contributed by atoms with van der Waals surface area (Å²) in [5.74, 6) is -1.47. The molecule has 0 spiro atoms. The van der Waals surface area contributed by atoms with Crippen molar-refractivity contribution in [1.82, 2.24) is 10.2 Å². The lowest BCUT2D eigenvalue weighted by Crippen LogP contribution is -2.52. The number of sulfonamides is 1. The van der Waals surface area contributed by atoms with E-state index in [1.807, 2.05) is 13.8 Å². The van der Waals surface area contributed by atoms with E-state index >= 15 is 0 Å². The Kier molecular flexibility index (Phi) is 9.73. The number of hydrogen-bond acceptors (Lipinski definition) is 4. The van der Waals surface area contributed by atoms with E-state index < -0.39 is 40.2 Å². The van der Waals surface area contributed by atoms with Crippen molar-refractivity contribution in [3.63, 3.8) is 0 Å². The molecule has 2 atom stereocenters. The minimum atomic E-state index is -3.94. The van der Waals surface area contributed by atoms with Gasteiger partial charge in [0.05, 0.1) is 22.0 Å². The van der Waals surface area contributed by atoms with Gasteiger partial charge in [-0.3, -0.25) is 13.9 Å². The third-order valence-electron chi connectivity index (χ3n) is 5.31. The summed E-state index contributed by atoms with van der Waals surface area (Å²) in [6.07, 6.45) is 1.64. The number of benzene rings is 2. The largest absolute Gasteiger partial charge is 0.352 e. The van der Waals surface area contributed by atoms with E-state index in [1.54, 1.807) is 6.92 Å². The van der Waals surface area contributed by atoms with Crippen molar-refractivity contribution in [1.29, 1.82) is 0 Å². The molecule has 2 aromatic rings. The van der Waals surface area contributed by atoms with Gasteiger partial charge in [-0.25, -0.2) is 12.8 Å². The number of hydrogen-bond donors (Lipinski definition) is 1. The average Bonchev–Trinajstić information content (AvgIpc) is 2.77. The number of anilines is 1. The molecule has 0 bridgehead atoms. The number of rotatable bonds is 10. The summed E-state index contributed by atoms with van der Waals surface area (Å²) in [7, 11) is -3.94. The van der Waals surface area contributed by atoms with Gasteiger partial charge < -0.3 is 10.2 Å². The van der Waals surface area contributed by atoms with Crippen molar-refractivity contribution in [2.24, 2.45) is 0 Å². The van der Waals surface area contributed by atoms with Gasteiger partial charge in [-0.05, 0) is 50.1 Å². The fraction of sp³-hybridized carbons (Fsp3) is 0.391. The van der Waals surface area contributed by atoms with Crippen LogP contribution in [0.3, 0.4) is 0 Å². The maximum atomic E-state index is 13.4. The molecule has 0 radical (unpaired) electrons. The van der Waals surface area contributed by atoms with Crippen molar-refractivity contribution in [3.8, 4) is 0 Å². The fourth-order valence-corrected chi connectivity index (χ4v) is 4.42. The first-order valence-electron chi connectivity index (χ1n) is 10.6. The van der Waals surface area contributed by atoms with Crippen molar-refractivity contribution in [3.05, 3.63) is 63.9 Å². The zero-order chi connectivity index (χ0) is 25.6. The molecule has 0 unspecified atom stereocenters. The number of carbonyl (C=O) groups is 2. The molecule has 0 aliphatic carbocycles. The molecule has 0 aliphatic rings. The lowest BCUT2D eigenvalue weighted by Gasteiger charge is -2.32. The summed E-state index contributed by atoms with van der Waals surface area (Å²) < 4.78 is 39.4. The molecule has 34 heavy (non-hydrogen) atoms. The van der Waals surface area contributed by atoms with Crippen molar-refractivity contribution < 1.29 is 22.4 Å². The van der Waals surface area contributed by atoms with E-state index in [1.165, 1.54) is 47.4 Å². The number of halogens is 3. The van der Waals surface area contributed by atoms with Gasteiger partial charge >= 0.3 is 0 Å². The molecule has 0 aliphatic heterocycles. The molecule has 2 aromatic carbocycles. The Morgan fingerprint density at radius 2 is 1.71 bits per heavy atom. The normalized spacial score (nSPS) is 13.1. The number of carbonyl (C=O) groups excluding carboxylic acids is 2. The van der Waals surface area contributed by atoms with Crippen molar-refractivity contribution in [2.75, 3.05) is 17.1 Å². The summed E-state index contributed by atoms with van der Waals surface area (Å²) in [6, 6.07) is 8.90. The first-order chi connectivity index (χ1) is 15.8. The van der Waals surface area contributed by atoms with Crippen LogP contribution in [-0.2, 0) is 26.2 Å². The quantitative estimate of drug-likeness (QED) is 0.496. The molecular weight excluding hydrogens is 504 g/mol. The Balaban J connectivity index is 2.42. The Bertz CT molecular complexity index is 1130. The predicted octanol–water partition coefficient (Wildman–Crippen LogP) is 4.23. The molecule has 2 rings (SSSR count). The van der Waals surface area contributed by atoms with E-state index in [0.29, 0.717) is 12.0 Å². The fourth-order valence-electron chi connectivity index (χ4n) is 3.11. The molecule has 0 saturated heterocycles. The van der Waals surface area contributed by atoms with Gasteiger partial charge in [0, 0.05) is 12.6 Å². The zero-order valence-electron chi connectivity index (χ0n) is 19.4. The Hall–Kier alpha value is -2.36. The molecule has 11 heteroatoms. The zero-order valence-corrected chi connectivity index (χ0v) is 21.7. The van der Waals surface area contributed by atoms with E-state index in [-0.39, 0.29) is 28.3 Å². The molecule has 2 amide bonds. The first-order valence-corrected chi connectivity index (χ1v) is 13.2. The standard InChI is InChI=1S/C23H28Cl2FN3O4S/c1-5-15(2)27-23(31)16(3)28(13-17-9-11-18(26)12-10-17)21(30)14-29(34(4,32)33)20-8-6-7-19(24)22(20)25/h6-12,15-16H,5,13-14H2,1-4H3,(H,27,31)/t15-,16-/m0/s1. The van der Waals surface area contributed by atoms with Gasteiger partial charge in [0.25, 0.3) is 0 Å². The molecule has 0 heterocycles. The van der Waals surface area contributed by atoms with E-state index in [4.69, 9.17) is 23.2 Å².